The average Bonchev–Trinajstić information content (AvgIpc) is 2.28. The van der Waals surface area contributed by atoms with Crippen LogP contribution in [0.2, 0.25) is 0 Å². The molecule has 0 spiro atoms. The van der Waals surface area contributed by atoms with Gasteiger partial charge in [0, 0.05) is 6.73 Å². The zero-order chi connectivity index (χ0) is 13.5. The first-order chi connectivity index (χ1) is 8.49. The van der Waals surface area contributed by atoms with Gasteiger partial charge in [-0.15, -0.1) is 0 Å². The predicted molar refractivity (Wildman–Crippen MR) is 71.0 cm³/mol. The Labute approximate surface area is 127 Å². The van der Waals surface area contributed by atoms with Crippen molar-refractivity contribution >= 4 is 6.09 Å². The van der Waals surface area contributed by atoms with Gasteiger partial charge in [0.1, 0.15) is 5.75 Å². The minimum Gasteiger partial charge on any atom is -0.585 e. The van der Waals surface area contributed by atoms with Crippen molar-refractivity contribution in [1.82, 2.24) is 0 Å². The van der Waals surface area contributed by atoms with Gasteiger partial charge in [-0.2, -0.15) is 0 Å². The summed E-state index contributed by atoms with van der Waals surface area (Å²) in [5.74, 6) is 1.19. The first-order valence-electron chi connectivity index (χ1n) is 6.10. The Hall–Kier alpha value is -1.09. The van der Waals surface area contributed by atoms with Gasteiger partial charge in [-0.1, -0.05) is 26.0 Å². The molecule has 5 heteroatoms. The fourth-order valence-corrected chi connectivity index (χ4v) is 1.35. The smallest absolute Gasteiger partial charge is 0.585 e. The number of ether oxygens (including phenoxy) is 2. The van der Waals surface area contributed by atoms with Crippen LogP contribution >= 0.6 is 0 Å². The molecule has 0 atom stereocenters. The van der Waals surface area contributed by atoms with E-state index in [1.807, 2.05) is 24.3 Å². The molecular weight excluding hydrogens is 331 g/mol. The topological polar surface area (TPSA) is 49.6 Å². The molecule has 0 aromatic heterocycles. The molecule has 0 bridgehead atoms. The number of carbonyl (C=O) groups is 1. The number of carbonyl (C=O) groups excluding carboxylic acids is 1. The van der Waals surface area contributed by atoms with E-state index in [0.717, 1.165) is 0 Å². The Morgan fingerprint density at radius 1 is 1.16 bits per heavy atom. The second-order valence-corrected chi connectivity index (χ2v) is 4.59. The van der Waals surface area contributed by atoms with Gasteiger partial charge in [0.2, 0.25) is 6.09 Å². The third-order valence-electron chi connectivity index (χ3n) is 2.31. The second-order valence-electron chi connectivity index (χ2n) is 4.59. The summed E-state index contributed by atoms with van der Waals surface area (Å²) in [7, 11) is 0. The van der Waals surface area contributed by atoms with E-state index in [4.69, 9.17) is 9.47 Å². The van der Waals surface area contributed by atoms with Crippen molar-refractivity contribution in [2.45, 2.75) is 39.7 Å². The number of hydrogen-bond acceptors (Lipinski definition) is 3. The predicted octanol–water partition coefficient (Wildman–Crippen LogP) is 4.06. The van der Waals surface area contributed by atoms with Crippen LogP contribution in [-0.2, 0) is 24.2 Å². The van der Waals surface area contributed by atoms with Crippen molar-refractivity contribution in [3.63, 3.8) is 0 Å². The van der Waals surface area contributed by atoms with Gasteiger partial charge < -0.3 is 14.8 Å². The molecule has 4 nitrogen and oxygen atoms in total. The minimum atomic E-state index is -0.594. The molecule has 1 aromatic carbocycles. The van der Waals surface area contributed by atoms with Crippen molar-refractivity contribution in [3.05, 3.63) is 35.1 Å². The summed E-state index contributed by atoms with van der Waals surface area (Å²) in [6, 6.07) is 7.76. The van der Waals surface area contributed by atoms with Crippen LogP contribution in [-0.4, -0.2) is 18.9 Å². The van der Waals surface area contributed by atoms with Gasteiger partial charge >= 0.3 is 19.5 Å². The fraction of sp³-hybridized carbons (Fsp3) is 0.500. The average molecular weight is 351 g/mol. The molecule has 0 saturated carbocycles. The van der Waals surface area contributed by atoms with E-state index in [9.17, 15) is 4.79 Å². The summed E-state index contributed by atoms with van der Waals surface area (Å²) < 4.78 is 10.2. The van der Waals surface area contributed by atoms with Crippen molar-refractivity contribution in [1.29, 1.82) is 0 Å². The maximum atomic E-state index is 11.1. The zero-order valence-corrected chi connectivity index (χ0v) is 13.4. The van der Waals surface area contributed by atoms with Gasteiger partial charge in [0.05, 0.1) is 6.10 Å². The van der Waals surface area contributed by atoms with Crippen LogP contribution in [0.15, 0.2) is 24.3 Å². The number of nitrogens with zero attached hydrogens (tertiary/aromatic N) is 1. The summed E-state index contributed by atoms with van der Waals surface area (Å²) in [5.41, 5.74) is 1.25. The van der Waals surface area contributed by atoms with Crippen LogP contribution in [0.25, 0.3) is 5.32 Å². The van der Waals surface area contributed by atoms with E-state index < -0.39 is 6.09 Å². The van der Waals surface area contributed by atoms with Gasteiger partial charge in [0.15, 0.2) is 0 Å². The molecule has 1 aromatic rings. The van der Waals surface area contributed by atoms with Crippen LogP contribution in [0.1, 0.15) is 39.2 Å². The van der Waals surface area contributed by atoms with Crippen molar-refractivity contribution in [2.75, 3.05) is 6.73 Å². The number of hydrogen-bond donors (Lipinski definition) is 0. The van der Waals surface area contributed by atoms with Crippen LogP contribution in [0.4, 0.5) is 4.79 Å². The third kappa shape index (κ3) is 7.16. The molecule has 0 N–H and O–H groups in total. The molecule has 1 rings (SSSR count). The summed E-state index contributed by atoms with van der Waals surface area (Å²) in [5, 5.41) is 3.63. The first kappa shape index (κ1) is 17.9. The van der Waals surface area contributed by atoms with Crippen LogP contribution in [0, 0.1) is 0 Å². The van der Waals surface area contributed by atoms with Gasteiger partial charge in [-0.05, 0) is 37.5 Å². The molecule has 107 valence electrons. The first-order valence-corrected chi connectivity index (χ1v) is 6.10. The number of benzene rings is 1. The van der Waals surface area contributed by atoms with Crippen LogP contribution in [0.3, 0.4) is 0 Å². The molecule has 1 radical (unpaired) electrons. The molecule has 0 heterocycles. The molecular formula is C14H20NO3Ru. The summed E-state index contributed by atoms with van der Waals surface area (Å²) >= 11 is 0. The third-order valence-corrected chi connectivity index (χ3v) is 2.31. The summed E-state index contributed by atoms with van der Waals surface area (Å²) in [4.78, 5) is 11.1. The normalized spacial score (nSPS) is 10.0. The van der Waals surface area contributed by atoms with E-state index in [2.05, 4.69) is 19.2 Å². The van der Waals surface area contributed by atoms with Crippen molar-refractivity contribution < 1.29 is 33.7 Å². The molecule has 0 aliphatic heterocycles. The zero-order valence-electron chi connectivity index (χ0n) is 11.7. The Morgan fingerprint density at radius 3 is 2.21 bits per heavy atom. The summed E-state index contributed by atoms with van der Waals surface area (Å²) in [6.45, 7) is 7.80. The standard InChI is InChI=1S/C14H21NO3.Ru/c1-10(2)12-5-7-13(8-6-12)17-9-15-14(16)18-11(3)4;/h5-8,10-11H,9H2,1-4H3,(H,15,16);/q;+1/p-1. The van der Waals surface area contributed by atoms with E-state index in [-0.39, 0.29) is 32.3 Å². The van der Waals surface area contributed by atoms with Gasteiger partial charge in [0.25, 0.3) is 0 Å². The van der Waals surface area contributed by atoms with Crippen LogP contribution in [0.5, 0.6) is 5.75 Å². The SMILES string of the molecule is CC(C)OC(=O)[N-]COc1ccc(C(C)C)cc1.[Ru+]. The maximum absolute atomic E-state index is 11.1. The van der Waals surface area contributed by atoms with E-state index in [1.165, 1.54) is 5.56 Å². The molecule has 19 heavy (non-hydrogen) atoms. The monoisotopic (exact) mass is 352 g/mol. The van der Waals surface area contributed by atoms with E-state index in [1.54, 1.807) is 13.8 Å². The van der Waals surface area contributed by atoms with Gasteiger partial charge in [-0.3, -0.25) is 4.79 Å². The molecule has 0 aliphatic carbocycles. The van der Waals surface area contributed by atoms with Crippen molar-refractivity contribution in [3.8, 4) is 5.75 Å². The molecule has 0 saturated heterocycles. The Morgan fingerprint density at radius 2 is 1.74 bits per heavy atom. The summed E-state index contributed by atoms with van der Waals surface area (Å²) in [6.07, 6.45) is -0.754. The minimum absolute atomic E-state index is 0. The fourth-order valence-electron chi connectivity index (χ4n) is 1.35. The maximum Gasteiger partial charge on any atom is 1.00 e. The van der Waals surface area contributed by atoms with E-state index >= 15 is 0 Å². The molecule has 0 fully saturated rings. The quantitative estimate of drug-likeness (QED) is 0.752. The number of rotatable bonds is 5. The van der Waals surface area contributed by atoms with Gasteiger partial charge in [-0.25, -0.2) is 0 Å². The Bertz CT molecular complexity index is 377. The molecule has 0 aliphatic rings. The van der Waals surface area contributed by atoms with E-state index in [0.29, 0.717) is 11.7 Å². The Kier molecular flexibility index (Phi) is 8.41. The number of amides is 1. The molecule has 0 unspecified atom stereocenters. The van der Waals surface area contributed by atoms with Crippen LogP contribution < -0.4 is 4.74 Å². The largest absolute Gasteiger partial charge is 1.00 e. The molecule has 1 amide bonds. The Balaban J connectivity index is 0.00000324. The van der Waals surface area contributed by atoms with Crippen molar-refractivity contribution in [2.24, 2.45) is 0 Å². The second kappa shape index (κ2) is 8.92.